The first-order valence-corrected chi connectivity index (χ1v) is 5.76. The summed E-state index contributed by atoms with van der Waals surface area (Å²) in [5.41, 5.74) is 2.31. The second kappa shape index (κ2) is 4.43. The average Bonchev–Trinajstić information content (AvgIpc) is 2.70. The van der Waals surface area contributed by atoms with Crippen LogP contribution in [-0.2, 0) is 11.2 Å². The topological polar surface area (TPSA) is 42.9 Å². The summed E-state index contributed by atoms with van der Waals surface area (Å²) in [5, 5.41) is -0.00231. The van der Waals surface area contributed by atoms with Gasteiger partial charge in [-0.25, -0.2) is 0 Å². The summed E-state index contributed by atoms with van der Waals surface area (Å²) < 4.78 is 8.23. The van der Waals surface area contributed by atoms with E-state index in [0.717, 1.165) is 28.3 Å². The molecule has 2 aromatic rings. The molecule has 1 atom stereocenters. The van der Waals surface area contributed by atoms with E-state index < -0.39 is 5.38 Å². The number of alkyl halides is 1. The van der Waals surface area contributed by atoms with Crippen molar-refractivity contribution in [1.29, 1.82) is 0 Å². The van der Waals surface area contributed by atoms with Crippen molar-refractivity contribution in [3.05, 3.63) is 22.7 Å². The minimum Gasteiger partial charge on any atom is -0.302 e. The quantitative estimate of drug-likeness (QED) is 0.630. The van der Waals surface area contributed by atoms with Gasteiger partial charge in [0.05, 0.1) is 17.1 Å². The monoisotopic (exact) mass is 260 g/mol. The number of rotatable bonds is 3. The van der Waals surface area contributed by atoms with Crippen LogP contribution < -0.4 is 0 Å². The minimum atomic E-state index is -0.574. The lowest BCUT2D eigenvalue weighted by Crippen LogP contribution is -2.05. The molecular formula is C9H6Cl2N2OS. The number of fused-ring (bicyclic) bond motifs is 1. The largest absolute Gasteiger partial charge is 0.302 e. The molecule has 6 heteroatoms. The molecule has 0 amide bonds. The average molecular weight is 261 g/mol. The van der Waals surface area contributed by atoms with Crippen LogP contribution >= 0.6 is 34.9 Å². The number of carbonyl (C=O) groups is 1. The fraction of sp³-hybridized carbons (Fsp3) is 0.222. The third kappa shape index (κ3) is 2.12. The van der Waals surface area contributed by atoms with Crippen molar-refractivity contribution in [2.45, 2.75) is 11.8 Å². The van der Waals surface area contributed by atoms with Crippen molar-refractivity contribution < 1.29 is 4.79 Å². The van der Waals surface area contributed by atoms with Gasteiger partial charge in [0.1, 0.15) is 17.3 Å². The van der Waals surface area contributed by atoms with Crippen LogP contribution in [0.25, 0.3) is 11.0 Å². The molecule has 0 aliphatic heterocycles. The Kier molecular flexibility index (Phi) is 3.19. The lowest BCUT2D eigenvalue weighted by atomic mass is 10.1. The third-order valence-corrected chi connectivity index (χ3v) is 3.18. The van der Waals surface area contributed by atoms with E-state index in [-0.39, 0.29) is 0 Å². The van der Waals surface area contributed by atoms with Crippen molar-refractivity contribution in [3.63, 3.8) is 0 Å². The maximum Gasteiger partial charge on any atom is 0.138 e. The molecule has 1 aromatic heterocycles. The van der Waals surface area contributed by atoms with Crippen LogP contribution in [-0.4, -0.2) is 20.4 Å². The molecule has 15 heavy (non-hydrogen) atoms. The number of halogens is 2. The van der Waals surface area contributed by atoms with Crippen LogP contribution in [0.4, 0.5) is 0 Å². The van der Waals surface area contributed by atoms with Gasteiger partial charge in [-0.1, -0.05) is 11.6 Å². The number of benzene rings is 1. The van der Waals surface area contributed by atoms with Crippen LogP contribution in [0.2, 0.25) is 5.02 Å². The summed E-state index contributed by atoms with van der Waals surface area (Å²) in [6.45, 7) is 0. The van der Waals surface area contributed by atoms with E-state index in [9.17, 15) is 4.79 Å². The Balaban J connectivity index is 2.51. The van der Waals surface area contributed by atoms with Crippen LogP contribution in [0.15, 0.2) is 12.1 Å². The molecule has 2 rings (SSSR count). The van der Waals surface area contributed by atoms with Crippen LogP contribution in [0.5, 0.6) is 0 Å². The highest BCUT2D eigenvalue weighted by Gasteiger charge is 2.13. The highest BCUT2D eigenvalue weighted by atomic mass is 35.5. The lowest BCUT2D eigenvalue weighted by Gasteiger charge is -2.05. The van der Waals surface area contributed by atoms with Crippen molar-refractivity contribution in [2.75, 3.05) is 0 Å². The number of aromatic nitrogens is 2. The van der Waals surface area contributed by atoms with Gasteiger partial charge in [0.2, 0.25) is 0 Å². The van der Waals surface area contributed by atoms with Crippen LogP contribution in [0.1, 0.15) is 5.56 Å². The summed E-state index contributed by atoms with van der Waals surface area (Å²) in [4.78, 5) is 10.5. The summed E-state index contributed by atoms with van der Waals surface area (Å²) in [6.07, 6.45) is 1.07. The molecule has 3 nitrogen and oxygen atoms in total. The van der Waals surface area contributed by atoms with E-state index in [1.165, 1.54) is 0 Å². The van der Waals surface area contributed by atoms with Gasteiger partial charge in [-0.3, -0.25) is 0 Å². The van der Waals surface area contributed by atoms with Crippen LogP contribution in [0, 0.1) is 0 Å². The van der Waals surface area contributed by atoms with E-state index >= 15 is 0 Å². The van der Waals surface area contributed by atoms with Crippen molar-refractivity contribution in [1.82, 2.24) is 8.75 Å². The summed E-state index contributed by atoms with van der Waals surface area (Å²) in [6, 6.07) is 3.55. The molecule has 0 radical (unpaired) electrons. The molecule has 78 valence electrons. The Bertz CT molecular complexity index is 500. The van der Waals surface area contributed by atoms with Gasteiger partial charge in [0.25, 0.3) is 0 Å². The summed E-state index contributed by atoms with van der Waals surface area (Å²) in [7, 11) is 0. The normalized spacial score (nSPS) is 12.9. The predicted molar refractivity (Wildman–Crippen MR) is 61.8 cm³/mol. The number of hydrogen-bond donors (Lipinski definition) is 0. The van der Waals surface area contributed by atoms with Crippen LogP contribution in [0.3, 0.4) is 0 Å². The maximum atomic E-state index is 10.5. The minimum absolute atomic E-state index is 0.382. The zero-order valence-electron chi connectivity index (χ0n) is 7.48. The van der Waals surface area contributed by atoms with E-state index in [0.29, 0.717) is 17.7 Å². The maximum absolute atomic E-state index is 10.5. The Morgan fingerprint density at radius 1 is 1.47 bits per heavy atom. The smallest absolute Gasteiger partial charge is 0.138 e. The predicted octanol–water partition coefficient (Wildman–Crippen LogP) is 2.69. The van der Waals surface area contributed by atoms with Gasteiger partial charge in [-0.05, 0) is 18.6 Å². The zero-order valence-corrected chi connectivity index (χ0v) is 9.81. The first-order chi connectivity index (χ1) is 7.22. The second-order valence-electron chi connectivity index (χ2n) is 3.01. The Hall–Kier alpha value is -0.710. The zero-order chi connectivity index (χ0) is 10.8. The molecule has 1 unspecified atom stereocenters. The second-order valence-corrected chi connectivity index (χ2v) is 4.51. The number of aldehydes is 1. The Morgan fingerprint density at radius 2 is 2.27 bits per heavy atom. The molecule has 0 fully saturated rings. The van der Waals surface area contributed by atoms with E-state index in [1.807, 2.05) is 0 Å². The Morgan fingerprint density at radius 3 is 3.00 bits per heavy atom. The fourth-order valence-corrected chi connectivity index (χ4v) is 2.26. The first kappa shape index (κ1) is 10.8. The summed E-state index contributed by atoms with van der Waals surface area (Å²) in [5.74, 6) is 0. The summed E-state index contributed by atoms with van der Waals surface area (Å²) >= 11 is 12.9. The number of hydrogen-bond acceptors (Lipinski definition) is 4. The molecule has 0 N–H and O–H groups in total. The van der Waals surface area contributed by atoms with Gasteiger partial charge in [-0.2, -0.15) is 8.75 Å². The molecular weight excluding hydrogens is 255 g/mol. The van der Waals surface area contributed by atoms with Crippen molar-refractivity contribution in [3.8, 4) is 0 Å². The Labute approximate surface area is 100 Å². The first-order valence-electron chi connectivity index (χ1n) is 4.21. The highest BCUT2D eigenvalue weighted by molar-refractivity contribution is 7.00. The number of nitrogens with zero attached hydrogens (tertiary/aromatic N) is 2. The SMILES string of the molecule is O=CC(Cl)Cc1c(Cl)ccc2nsnc12. The molecule has 0 bridgehead atoms. The molecule has 0 saturated carbocycles. The van der Waals surface area contributed by atoms with E-state index in [2.05, 4.69) is 8.75 Å². The molecule has 0 saturated heterocycles. The number of carbonyl (C=O) groups excluding carboxylic acids is 1. The van der Waals surface area contributed by atoms with E-state index in [4.69, 9.17) is 23.2 Å². The van der Waals surface area contributed by atoms with Gasteiger partial charge >= 0.3 is 0 Å². The molecule has 0 aliphatic carbocycles. The molecule has 1 heterocycles. The highest BCUT2D eigenvalue weighted by Crippen LogP contribution is 2.26. The third-order valence-electron chi connectivity index (χ3n) is 2.02. The molecule has 0 aliphatic rings. The van der Waals surface area contributed by atoms with Gasteiger partial charge in [0.15, 0.2) is 0 Å². The standard InChI is InChI=1S/C9H6Cl2N2OS/c10-5(4-14)3-6-7(11)1-2-8-9(6)13-15-12-8/h1-2,4-5H,3H2. The molecule has 1 aromatic carbocycles. The van der Waals surface area contributed by atoms with Crippen molar-refractivity contribution in [2.24, 2.45) is 0 Å². The van der Waals surface area contributed by atoms with Gasteiger partial charge in [0, 0.05) is 10.6 Å². The van der Waals surface area contributed by atoms with Crippen molar-refractivity contribution >= 4 is 52.2 Å². The van der Waals surface area contributed by atoms with Gasteiger partial charge in [-0.15, -0.1) is 11.6 Å². The van der Waals surface area contributed by atoms with E-state index in [1.54, 1.807) is 12.1 Å². The van der Waals surface area contributed by atoms with Gasteiger partial charge < -0.3 is 4.79 Å². The fourth-order valence-electron chi connectivity index (χ4n) is 1.32. The lowest BCUT2D eigenvalue weighted by molar-refractivity contribution is -0.107. The molecule has 0 spiro atoms.